The second-order valence-electron chi connectivity index (χ2n) is 6.23. The molecule has 0 aliphatic carbocycles. The molecule has 0 saturated carbocycles. The molecule has 2 aromatic rings. The largest absolute Gasteiger partial charge is 0.493 e. The highest BCUT2D eigenvalue weighted by Crippen LogP contribution is 2.31. The normalized spacial score (nSPS) is 14.6. The van der Waals surface area contributed by atoms with E-state index in [-0.39, 0.29) is 5.91 Å². The number of ether oxygens (including phenoxy) is 3. The van der Waals surface area contributed by atoms with Gasteiger partial charge in [-0.3, -0.25) is 9.69 Å². The molecular weight excluding hydrogens is 459 g/mol. The summed E-state index contributed by atoms with van der Waals surface area (Å²) in [5.74, 6) is 0.957. The van der Waals surface area contributed by atoms with Gasteiger partial charge < -0.3 is 19.5 Å². The summed E-state index contributed by atoms with van der Waals surface area (Å²) in [5, 5.41) is 2.98. The molecule has 27 heavy (non-hydrogen) atoms. The van der Waals surface area contributed by atoms with Crippen molar-refractivity contribution in [1.29, 1.82) is 0 Å². The Labute approximate surface area is 172 Å². The summed E-state index contributed by atoms with van der Waals surface area (Å²) < 4.78 is 16.8. The van der Waals surface area contributed by atoms with Gasteiger partial charge in [0.1, 0.15) is 0 Å². The van der Waals surface area contributed by atoms with Crippen molar-refractivity contribution in [3.8, 4) is 11.5 Å². The predicted molar refractivity (Wildman–Crippen MR) is 113 cm³/mol. The number of hydrogen-bond acceptors (Lipinski definition) is 5. The molecule has 1 fully saturated rings. The van der Waals surface area contributed by atoms with E-state index >= 15 is 0 Å². The van der Waals surface area contributed by atoms with Crippen molar-refractivity contribution in [1.82, 2.24) is 4.90 Å². The third kappa shape index (κ3) is 5.12. The van der Waals surface area contributed by atoms with E-state index in [0.717, 1.165) is 47.7 Å². The zero-order valence-electron chi connectivity index (χ0n) is 15.5. The molecule has 1 N–H and O–H groups in total. The summed E-state index contributed by atoms with van der Waals surface area (Å²) in [5.41, 5.74) is 2.49. The molecule has 2 aromatic carbocycles. The second-order valence-corrected chi connectivity index (χ2v) is 7.39. The van der Waals surface area contributed by atoms with Crippen LogP contribution in [0.4, 0.5) is 5.69 Å². The maximum atomic E-state index is 12.8. The Bertz CT molecular complexity index is 807. The van der Waals surface area contributed by atoms with E-state index < -0.39 is 0 Å². The average molecular weight is 482 g/mol. The van der Waals surface area contributed by atoms with Gasteiger partial charge in [-0.05, 0) is 52.4 Å². The molecule has 1 aliphatic heterocycles. The van der Waals surface area contributed by atoms with Crippen LogP contribution in [0.25, 0.3) is 0 Å². The van der Waals surface area contributed by atoms with Crippen LogP contribution in [0.5, 0.6) is 11.5 Å². The minimum atomic E-state index is -0.177. The number of rotatable bonds is 6. The lowest BCUT2D eigenvalue weighted by atomic mass is 10.1. The van der Waals surface area contributed by atoms with E-state index in [0.29, 0.717) is 17.1 Å². The summed E-state index contributed by atoms with van der Waals surface area (Å²) in [7, 11) is 3.13. The van der Waals surface area contributed by atoms with Gasteiger partial charge in [-0.2, -0.15) is 0 Å². The van der Waals surface area contributed by atoms with Crippen LogP contribution in [-0.2, 0) is 11.3 Å². The number of amides is 1. The highest BCUT2D eigenvalue weighted by Gasteiger charge is 2.16. The van der Waals surface area contributed by atoms with Crippen LogP contribution in [0.1, 0.15) is 15.9 Å². The van der Waals surface area contributed by atoms with Gasteiger partial charge in [0.05, 0.1) is 33.0 Å². The number of methoxy groups -OCH3 is 2. The van der Waals surface area contributed by atoms with Gasteiger partial charge >= 0.3 is 0 Å². The molecule has 0 bridgehead atoms. The quantitative estimate of drug-likeness (QED) is 0.640. The first kappa shape index (κ1) is 19.9. The number of carbonyl (C=O) groups excluding carboxylic acids is 1. The van der Waals surface area contributed by atoms with Crippen LogP contribution >= 0.6 is 22.6 Å². The van der Waals surface area contributed by atoms with Gasteiger partial charge in [-0.25, -0.2) is 0 Å². The number of nitrogens with one attached hydrogen (secondary N) is 1. The molecule has 0 unspecified atom stereocenters. The van der Waals surface area contributed by atoms with Crippen molar-refractivity contribution < 1.29 is 19.0 Å². The SMILES string of the molecule is COc1cc(I)c(C(=O)Nc2cccc(CN3CCOCC3)c2)cc1OC. The first-order chi connectivity index (χ1) is 13.1. The van der Waals surface area contributed by atoms with Gasteiger partial charge in [0.25, 0.3) is 5.91 Å². The predicted octanol–water partition coefficient (Wildman–Crippen LogP) is 3.39. The molecule has 144 valence electrons. The number of anilines is 1. The fourth-order valence-corrected chi connectivity index (χ4v) is 3.68. The standard InChI is InChI=1S/C20H23IN2O4/c1-25-18-11-16(17(21)12-19(18)26-2)20(24)22-15-5-3-4-14(10-15)13-23-6-8-27-9-7-23/h3-5,10-12H,6-9,13H2,1-2H3,(H,22,24). The Hall–Kier alpha value is -1.84. The van der Waals surface area contributed by atoms with Crippen molar-refractivity contribution in [3.05, 3.63) is 51.1 Å². The number of morpholine rings is 1. The van der Waals surface area contributed by atoms with Crippen molar-refractivity contribution in [3.63, 3.8) is 0 Å². The zero-order chi connectivity index (χ0) is 19.2. The molecule has 6 nitrogen and oxygen atoms in total. The smallest absolute Gasteiger partial charge is 0.256 e. The van der Waals surface area contributed by atoms with E-state index in [2.05, 4.69) is 38.9 Å². The van der Waals surface area contributed by atoms with Crippen LogP contribution in [0.2, 0.25) is 0 Å². The molecule has 0 atom stereocenters. The van der Waals surface area contributed by atoms with E-state index in [1.54, 1.807) is 26.4 Å². The molecule has 7 heteroatoms. The maximum Gasteiger partial charge on any atom is 0.256 e. The highest BCUT2D eigenvalue weighted by atomic mass is 127. The average Bonchev–Trinajstić information content (AvgIpc) is 2.68. The first-order valence-corrected chi connectivity index (χ1v) is 9.80. The molecular formula is C20H23IN2O4. The van der Waals surface area contributed by atoms with Crippen molar-refractivity contribution in [2.24, 2.45) is 0 Å². The van der Waals surface area contributed by atoms with Crippen LogP contribution in [0, 0.1) is 3.57 Å². The molecule has 1 saturated heterocycles. The zero-order valence-corrected chi connectivity index (χ0v) is 17.6. The van der Waals surface area contributed by atoms with Gasteiger partial charge in [-0.1, -0.05) is 12.1 Å². The van der Waals surface area contributed by atoms with E-state index in [1.165, 1.54) is 0 Å². The molecule has 0 aromatic heterocycles. The van der Waals surface area contributed by atoms with Gasteiger partial charge in [-0.15, -0.1) is 0 Å². The summed E-state index contributed by atoms with van der Waals surface area (Å²) in [6, 6.07) is 11.4. The van der Waals surface area contributed by atoms with Crippen LogP contribution in [-0.4, -0.2) is 51.3 Å². The summed E-state index contributed by atoms with van der Waals surface area (Å²) in [4.78, 5) is 15.1. The lowest BCUT2D eigenvalue weighted by molar-refractivity contribution is 0.0342. The molecule has 1 amide bonds. The minimum Gasteiger partial charge on any atom is -0.493 e. The number of halogens is 1. The number of nitrogens with zero attached hydrogens (tertiary/aromatic N) is 1. The van der Waals surface area contributed by atoms with E-state index in [4.69, 9.17) is 14.2 Å². The summed E-state index contributed by atoms with van der Waals surface area (Å²) >= 11 is 2.13. The molecule has 1 heterocycles. The summed E-state index contributed by atoms with van der Waals surface area (Å²) in [6.07, 6.45) is 0. The van der Waals surface area contributed by atoms with Crippen molar-refractivity contribution >= 4 is 34.2 Å². The Morgan fingerprint density at radius 2 is 1.85 bits per heavy atom. The van der Waals surface area contributed by atoms with Crippen molar-refractivity contribution in [2.45, 2.75) is 6.54 Å². The van der Waals surface area contributed by atoms with Crippen LogP contribution < -0.4 is 14.8 Å². The fraction of sp³-hybridized carbons (Fsp3) is 0.350. The third-order valence-electron chi connectivity index (χ3n) is 4.41. The number of hydrogen-bond donors (Lipinski definition) is 1. The van der Waals surface area contributed by atoms with E-state index in [1.807, 2.05) is 18.2 Å². The monoisotopic (exact) mass is 482 g/mol. The van der Waals surface area contributed by atoms with Gasteiger partial charge in [0.15, 0.2) is 11.5 Å². The Balaban J connectivity index is 1.73. The minimum absolute atomic E-state index is 0.177. The lowest BCUT2D eigenvalue weighted by Gasteiger charge is -2.26. The molecule has 0 spiro atoms. The van der Waals surface area contributed by atoms with Gasteiger partial charge in [0.2, 0.25) is 0 Å². The Morgan fingerprint density at radius 1 is 1.15 bits per heavy atom. The van der Waals surface area contributed by atoms with Crippen LogP contribution in [0.15, 0.2) is 36.4 Å². The fourth-order valence-electron chi connectivity index (χ4n) is 2.99. The molecule has 3 rings (SSSR count). The lowest BCUT2D eigenvalue weighted by Crippen LogP contribution is -2.35. The van der Waals surface area contributed by atoms with Gasteiger partial charge in [0, 0.05) is 28.9 Å². The number of carbonyl (C=O) groups is 1. The topological polar surface area (TPSA) is 60.0 Å². The Morgan fingerprint density at radius 3 is 2.56 bits per heavy atom. The third-order valence-corrected chi connectivity index (χ3v) is 5.31. The van der Waals surface area contributed by atoms with Crippen molar-refractivity contribution in [2.75, 3.05) is 45.8 Å². The Kier molecular flexibility index (Phi) is 6.92. The first-order valence-electron chi connectivity index (χ1n) is 8.72. The molecule has 0 radical (unpaired) electrons. The second kappa shape index (κ2) is 9.38. The van der Waals surface area contributed by atoms with E-state index in [9.17, 15) is 4.79 Å². The number of benzene rings is 2. The maximum absolute atomic E-state index is 12.8. The highest BCUT2D eigenvalue weighted by molar-refractivity contribution is 14.1. The summed E-state index contributed by atoms with van der Waals surface area (Å²) in [6.45, 7) is 4.25. The molecule has 1 aliphatic rings. The van der Waals surface area contributed by atoms with Crippen LogP contribution in [0.3, 0.4) is 0 Å².